The maximum Gasteiger partial charge on any atom is 0.261 e. The Morgan fingerprint density at radius 3 is 2.33 bits per heavy atom. The van der Waals surface area contributed by atoms with Crippen LogP contribution in [0.2, 0.25) is 5.02 Å². The van der Waals surface area contributed by atoms with Gasteiger partial charge in [0.05, 0.1) is 0 Å². The van der Waals surface area contributed by atoms with E-state index in [-0.39, 0.29) is 25.0 Å². The second-order valence-electron chi connectivity index (χ2n) is 9.80. The maximum absolute atomic E-state index is 13.6. The number of halogens is 2. The van der Waals surface area contributed by atoms with Crippen molar-refractivity contribution in [3.63, 3.8) is 0 Å². The Morgan fingerprint density at radius 2 is 1.69 bits per heavy atom. The number of nitrogens with zero attached hydrogens (tertiary/aromatic N) is 1. The quantitative estimate of drug-likeness (QED) is 0.326. The molecule has 1 N–H and O–H groups in total. The van der Waals surface area contributed by atoms with Crippen molar-refractivity contribution in [1.82, 2.24) is 10.2 Å². The monoisotopic (exact) mass is 570 g/mol. The SMILES string of the molecule is Cc1cc(OCC(=O)N(Cc2cccc(Br)c2)[C@H](Cc2ccccc2)C(=O)NC(C)(C)C)ccc1Cl. The number of hydrogen-bond acceptors (Lipinski definition) is 3. The molecule has 7 heteroatoms. The zero-order valence-electron chi connectivity index (χ0n) is 21.1. The molecule has 0 spiro atoms. The van der Waals surface area contributed by atoms with E-state index in [4.69, 9.17) is 16.3 Å². The zero-order chi connectivity index (χ0) is 26.3. The number of benzene rings is 3. The molecule has 36 heavy (non-hydrogen) atoms. The first-order chi connectivity index (χ1) is 17.0. The van der Waals surface area contributed by atoms with Crippen LogP contribution in [-0.2, 0) is 22.6 Å². The van der Waals surface area contributed by atoms with Crippen molar-refractivity contribution in [2.24, 2.45) is 0 Å². The lowest BCUT2D eigenvalue weighted by Crippen LogP contribution is -2.55. The normalized spacial score (nSPS) is 12.1. The van der Waals surface area contributed by atoms with Gasteiger partial charge in [-0.25, -0.2) is 0 Å². The summed E-state index contributed by atoms with van der Waals surface area (Å²) >= 11 is 9.63. The molecule has 1 atom stereocenters. The van der Waals surface area contributed by atoms with Crippen molar-refractivity contribution in [2.75, 3.05) is 6.61 Å². The molecule has 3 aromatic carbocycles. The maximum atomic E-state index is 13.6. The van der Waals surface area contributed by atoms with Gasteiger partial charge >= 0.3 is 0 Å². The first kappa shape index (κ1) is 27.8. The van der Waals surface area contributed by atoms with Crippen LogP contribution in [0.25, 0.3) is 0 Å². The van der Waals surface area contributed by atoms with Crippen molar-refractivity contribution in [1.29, 1.82) is 0 Å². The molecule has 0 aromatic heterocycles. The van der Waals surface area contributed by atoms with Crippen LogP contribution in [0, 0.1) is 6.92 Å². The highest BCUT2D eigenvalue weighted by Crippen LogP contribution is 2.22. The molecule has 5 nitrogen and oxygen atoms in total. The number of amides is 2. The highest BCUT2D eigenvalue weighted by atomic mass is 79.9. The van der Waals surface area contributed by atoms with E-state index in [1.54, 1.807) is 23.1 Å². The molecule has 0 aliphatic rings. The average Bonchev–Trinajstić information content (AvgIpc) is 2.81. The Labute approximate surface area is 226 Å². The Hall–Kier alpha value is -2.83. The first-order valence-corrected chi connectivity index (χ1v) is 13.0. The molecule has 0 unspecified atom stereocenters. The van der Waals surface area contributed by atoms with Crippen molar-refractivity contribution in [3.8, 4) is 5.75 Å². The molecule has 0 aliphatic carbocycles. The minimum absolute atomic E-state index is 0.205. The van der Waals surface area contributed by atoms with E-state index in [1.165, 1.54) is 0 Å². The highest BCUT2D eigenvalue weighted by molar-refractivity contribution is 9.10. The Kier molecular flexibility index (Phi) is 9.57. The highest BCUT2D eigenvalue weighted by Gasteiger charge is 2.32. The largest absolute Gasteiger partial charge is 0.484 e. The number of ether oxygens (including phenoxy) is 1. The van der Waals surface area contributed by atoms with Crippen molar-refractivity contribution in [2.45, 2.75) is 52.2 Å². The summed E-state index contributed by atoms with van der Waals surface area (Å²) in [5.41, 5.74) is 2.28. The molecule has 0 radical (unpaired) electrons. The number of carbonyl (C=O) groups is 2. The van der Waals surface area contributed by atoms with Gasteiger partial charge in [-0.3, -0.25) is 9.59 Å². The van der Waals surface area contributed by atoms with Crippen LogP contribution in [0.5, 0.6) is 5.75 Å². The summed E-state index contributed by atoms with van der Waals surface area (Å²) in [6.07, 6.45) is 0.378. The van der Waals surface area contributed by atoms with Gasteiger partial charge in [-0.2, -0.15) is 0 Å². The molecule has 3 rings (SSSR count). The van der Waals surface area contributed by atoms with Gasteiger partial charge in [-0.05, 0) is 74.7 Å². The van der Waals surface area contributed by atoms with Crippen LogP contribution in [0.3, 0.4) is 0 Å². The predicted molar refractivity (Wildman–Crippen MR) is 148 cm³/mol. The van der Waals surface area contributed by atoms with Crippen LogP contribution >= 0.6 is 27.5 Å². The van der Waals surface area contributed by atoms with E-state index >= 15 is 0 Å². The minimum atomic E-state index is -0.728. The number of carbonyl (C=O) groups excluding carboxylic acids is 2. The van der Waals surface area contributed by atoms with Crippen LogP contribution < -0.4 is 10.1 Å². The zero-order valence-corrected chi connectivity index (χ0v) is 23.4. The van der Waals surface area contributed by atoms with Crippen LogP contribution in [0.1, 0.15) is 37.5 Å². The molecule has 3 aromatic rings. The van der Waals surface area contributed by atoms with Gasteiger partial charge in [0.25, 0.3) is 5.91 Å². The second-order valence-corrected chi connectivity index (χ2v) is 11.1. The van der Waals surface area contributed by atoms with Crippen molar-refractivity contribution < 1.29 is 14.3 Å². The Morgan fingerprint density at radius 1 is 1.00 bits per heavy atom. The molecule has 0 aliphatic heterocycles. The van der Waals surface area contributed by atoms with Crippen LogP contribution in [0.15, 0.2) is 77.3 Å². The Balaban J connectivity index is 1.93. The number of hydrogen-bond donors (Lipinski definition) is 1. The van der Waals surface area contributed by atoms with Gasteiger partial charge in [0.2, 0.25) is 5.91 Å². The topological polar surface area (TPSA) is 58.6 Å². The fourth-order valence-corrected chi connectivity index (χ4v) is 4.34. The van der Waals surface area contributed by atoms with Gasteiger partial charge in [-0.15, -0.1) is 0 Å². The van der Waals surface area contributed by atoms with Crippen LogP contribution in [0.4, 0.5) is 0 Å². The average molecular weight is 572 g/mol. The summed E-state index contributed by atoms with van der Waals surface area (Å²) in [6.45, 7) is 7.72. The van der Waals surface area contributed by atoms with E-state index < -0.39 is 11.6 Å². The predicted octanol–water partition coefficient (Wildman–Crippen LogP) is 6.34. The number of rotatable bonds is 9. The van der Waals surface area contributed by atoms with Crippen molar-refractivity contribution >= 4 is 39.3 Å². The standard InChI is InChI=1S/C29H32BrClN2O3/c1-20-15-24(13-14-25(20)31)36-19-27(34)33(18-22-11-8-12-23(30)16-22)26(28(35)32-29(2,3)4)17-21-9-6-5-7-10-21/h5-16,26H,17-19H2,1-4H3,(H,32,35)/t26-/m1/s1. The summed E-state index contributed by atoms with van der Waals surface area (Å²) in [7, 11) is 0. The fourth-order valence-electron chi connectivity index (χ4n) is 3.77. The third-order valence-electron chi connectivity index (χ3n) is 5.50. The molecule has 2 amide bonds. The second kappa shape index (κ2) is 12.4. The lowest BCUT2D eigenvalue weighted by Gasteiger charge is -2.33. The molecule has 0 heterocycles. The summed E-state index contributed by atoms with van der Waals surface area (Å²) in [6, 6.07) is 22.0. The van der Waals surface area contributed by atoms with Gasteiger partial charge in [0.1, 0.15) is 11.8 Å². The van der Waals surface area contributed by atoms with E-state index in [0.29, 0.717) is 17.2 Å². The summed E-state index contributed by atoms with van der Waals surface area (Å²) in [5, 5.41) is 3.69. The van der Waals surface area contributed by atoms with Crippen LogP contribution in [-0.4, -0.2) is 34.9 Å². The lowest BCUT2D eigenvalue weighted by atomic mass is 10.0. The molecule has 0 bridgehead atoms. The summed E-state index contributed by atoms with van der Waals surface area (Å²) < 4.78 is 6.74. The van der Waals surface area contributed by atoms with Crippen molar-refractivity contribution in [3.05, 3.63) is 99.0 Å². The third-order valence-corrected chi connectivity index (χ3v) is 6.42. The molecular formula is C29H32BrClN2O3. The molecular weight excluding hydrogens is 540 g/mol. The molecule has 0 saturated carbocycles. The van der Waals surface area contributed by atoms with E-state index in [0.717, 1.165) is 21.2 Å². The smallest absolute Gasteiger partial charge is 0.261 e. The summed E-state index contributed by atoms with van der Waals surface area (Å²) in [4.78, 5) is 28.8. The molecule has 0 saturated heterocycles. The third kappa shape index (κ3) is 8.38. The van der Waals surface area contributed by atoms with Gasteiger partial charge in [0.15, 0.2) is 6.61 Å². The van der Waals surface area contributed by atoms with Gasteiger partial charge in [-0.1, -0.05) is 70.0 Å². The van der Waals surface area contributed by atoms with E-state index in [1.807, 2.05) is 82.3 Å². The lowest BCUT2D eigenvalue weighted by molar-refractivity contribution is -0.143. The minimum Gasteiger partial charge on any atom is -0.484 e. The van der Waals surface area contributed by atoms with Gasteiger partial charge < -0.3 is 15.0 Å². The van der Waals surface area contributed by atoms with Gasteiger partial charge in [0, 0.05) is 28.0 Å². The van der Waals surface area contributed by atoms with E-state index in [9.17, 15) is 9.59 Å². The van der Waals surface area contributed by atoms with E-state index in [2.05, 4.69) is 21.2 Å². The first-order valence-electron chi connectivity index (χ1n) is 11.8. The molecule has 190 valence electrons. The Bertz CT molecular complexity index is 1190. The fraction of sp³-hybridized carbons (Fsp3) is 0.310. The molecule has 0 fully saturated rings. The summed E-state index contributed by atoms with van der Waals surface area (Å²) in [5.74, 6) is 0.0519. The number of nitrogens with one attached hydrogen (secondary N) is 1. The number of aryl methyl sites for hydroxylation is 1.